The van der Waals surface area contributed by atoms with Crippen molar-refractivity contribution in [2.45, 2.75) is 19.3 Å². The third kappa shape index (κ3) is 4.52. The van der Waals surface area contributed by atoms with Gasteiger partial charge in [-0.1, -0.05) is 55.5 Å². The third-order valence-electron chi connectivity index (χ3n) is 4.11. The number of para-hydroxylation sites is 1. The maximum absolute atomic E-state index is 12.2. The summed E-state index contributed by atoms with van der Waals surface area (Å²) in [4.78, 5) is 24.3. The first kappa shape index (κ1) is 18.2. The van der Waals surface area contributed by atoms with Crippen LogP contribution in [0, 0.1) is 0 Å². The Morgan fingerprint density at radius 1 is 1.04 bits per heavy atom. The highest BCUT2D eigenvalue weighted by atomic mass is 16.3. The summed E-state index contributed by atoms with van der Waals surface area (Å²) < 4.78 is 1.39. The number of hydrogen-bond acceptors (Lipinski definition) is 4. The van der Waals surface area contributed by atoms with Crippen LogP contribution in [0.25, 0.3) is 5.69 Å². The van der Waals surface area contributed by atoms with Gasteiger partial charge >= 0.3 is 0 Å². The van der Waals surface area contributed by atoms with E-state index in [1.54, 1.807) is 12.1 Å². The molecule has 7 heteroatoms. The maximum atomic E-state index is 12.2. The van der Waals surface area contributed by atoms with Crippen LogP contribution in [-0.2, 0) is 4.79 Å². The molecule has 0 spiro atoms. The van der Waals surface area contributed by atoms with Gasteiger partial charge in [-0.05, 0) is 23.6 Å². The molecule has 2 aromatic carbocycles. The van der Waals surface area contributed by atoms with E-state index in [4.69, 9.17) is 0 Å². The zero-order valence-corrected chi connectivity index (χ0v) is 14.8. The molecule has 0 saturated carbocycles. The van der Waals surface area contributed by atoms with Crippen molar-refractivity contribution in [1.82, 2.24) is 20.6 Å². The molecule has 1 atom stereocenters. The van der Waals surface area contributed by atoms with Gasteiger partial charge in [0, 0.05) is 6.42 Å². The third-order valence-corrected chi connectivity index (χ3v) is 4.11. The fourth-order valence-corrected chi connectivity index (χ4v) is 2.65. The van der Waals surface area contributed by atoms with E-state index in [9.17, 15) is 14.7 Å². The first-order valence-corrected chi connectivity index (χ1v) is 8.53. The summed E-state index contributed by atoms with van der Waals surface area (Å²) in [6.07, 6.45) is 1.55. The molecule has 7 nitrogen and oxygen atoms in total. The summed E-state index contributed by atoms with van der Waals surface area (Å²) in [6, 6.07) is 18.7. The number of hydrazine groups is 1. The zero-order chi connectivity index (χ0) is 19.2. The van der Waals surface area contributed by atoms with E-state index in [-0.39, 0.29) is 29.7 Å². The van der Waals surface area contributed by atoms with Crippen LogP contribution in [0.15, 0.2) is 66.9 Å². The van der Waals surface area contributed by atoms with Crippen molar-refractivity contribution in [3.63, 3.8) is 0 Å². The van der Waals surface area contributed by atoms with E-state index >= 15 is 0 Å². The van der Waals surface area contributed by atoms with E-state index in [1.807, 2.05) is 55.5 Å². The van der Waals surface area contributed by atoms with Gasteiger partial charge in [0.05, 0.1) is 11.9 Å². The lowest BCUT2D eigenvalue weighted by atomic mass is 9.98. The molecule has 0 aliphatic rings. The first-order valence-electron chi connectivity index (χ1n) is 8.53. The Hall–Kier alpha value is -3.61. The van der Waals surface area contributed by atoms with Crippen molar-refractivity contribution in [2.24, 2.45) is 0 Å². The Labute approximate surface area is 156 Å². The molecular weight excluding hydrogens is 344 g/mol. The molecule has 1 aromatic heterocycles. The van der Waals surface area contributed by atoms with E-state index in [0.29, 0.717) is 5.69 Å². The Balaban J connectivity index is 1.58. The average molecular weight is 364 g/mol. The summed E-state index contributed by atoms with van der Waals surface area (Å²) in [7, 11) is 0. The largest absolute Gasteiger partial charge is 0.504 e. The minimum absolute atomic E-state index is 0.00814. The van der Waals surface area contributed by atoms with Crippen molar-refractivity contribution in [3.8, 4) is 11.4 Å². The highest BCUT2D eigenvalue weighted by molar-refractivity contribution is 5.96. The molecule has 27 heavy (non-hydrogen) atoms. The number of amides is 2. The quantitative estimate of drug-likeness (QED) is 0.606. The Morgan fingerprint density at radius 3 is 2.33 bits per heavy atom. The summed E-state index contributed by atoms with van der Waals surface area (Å²) in [5.74, 6) is -1.29. The summed E-state index contributed by atoms with van der Waals surface area (Å²) in [6.45, 7) is 1.93. The molecule has 0 radical (unpaired) electrons. The predicted octanol–water partition coefficient (Wildman–Crippen LogP) is 2.53. The number of nitrogens with one attached hydrogen (secondary N) is 2. The number of carbonyl (C=O) groups excluding carboxylic acids is 2. The number of benzene rings is 2. The maximum Gasteiger partial charge on any atom is 0.294 e. The summed E-state index contributed by atoms with van der Waals surface area (Å²) >= 11 is 0. The summed E-state index contributed by atoms with van der Waals surface area (Å²) in [5.41, 5.74) is 6.22. The lowest BCUT2D eigenvalue weighted by Crippen LogP contribution is -2.42. The molecule has 0 aliphatic carbocycles. The molecule has 0 bridgehead atoms. The molecule has 0 fully saturated rings. The van der Waals surface area contributed by atoms with Crippen LogP contribution in [0.2, 0.25) is 0 Å². The Kier molecular flexibility index (Phi) is 5.51. The van der Waals surface area contributed by atoms with Crippen LogP contribution < -0.4 is 10.9 Å². The van der Waals surface area contributed by atoms with Gasteiger partial charge < -0.3 is 5.11 Å². The number of aromatic nitrogens is 2. The number of hydrogen-bond donors (Lipinski definition) is 3. The van der Waals surface area contributed by atoms with Crippen molar-refractivity contribution in [1.29, 1.82) is 0 Å². The molecule has 3 rings (SSSR count). The van der Waals surface area contributed by atoms with Gasteiger partial charge in [-0.2, -0.15) is 5.10 Å². The lowest BCUT2D eigenvalue weighted by molar-refractivity contribution is -0.122. The molecule has 0 saturated heterocycles. The monoisotopic (exact) mass is 364 g/mol. The zero-order valence-electron chi connectivity index (χ0n) is 14.8. The van der Waals surface area contributed by atoms with Crippen LogP contribution in [-0.4, -0.2) is 26.7 Å². The standard InChI is InChI=1S/C20H20N4O3/c1-14(15-8-4-2-5-9-15)12-18(26)21-22-20(27)19-17(25)13-24(23-19)16-10-6-3-7-11-16/h2-11,13-14,25H,12H2,1H3,(H,21,26)(H,22,27). The number of nitrogens with zero attached hydrogens (tertiary/aromatic N) is 2. The van der Waals surface area contributed by atoms with Gasteiger partial charge in [-0.15, -0.1) is 0 Å². The number of carbonyl (C=O) groups is 2. The van der Waals surface area contributed by atoms with Gasteiger partial charge in [0.15, 0.2) is 11.4 Å². The minimum atomic E-state index is -0.692. The summed E-state index contributed by atoms with van der Waals surface area (Å²) in [5, 5.41) is 14.0. The first-order chi connectivity index (χ1) is 13.0. The average Bonchev–Trinajstić information content (AvgIpc) is 3.09. The second kappa shape index (κ2) is 8.18. The molecule has 138 valence electrons. The molecule has 1 unspecified atom stereocenters. The van der Waals surface area contributed by atoms with Gasteiger partial charge in [-0.25, -0.2) is 4.68 Å². The molecule has 3 N–H and O–H groups in total. The van der Waals surface area contributed by atoms with Gasteiger partial charge in [-0.3, -0.25) is 20.4 Å². The molecule has 0 aliphatic heterocycles. The SMILES string of the molecule is CC(CC(=O)NNC(=O)c1nn(-c2ccccc2)cc1O)c1ccccc1. The highest BCUT2D eigenvalue weighted by Crippen LogP contribution is 2.19. The fraction of sp³-hybridized carbons (Fsp3) is 0.150. The molecule has 1 heterocycles. The van der Waals surface area contributed by atoms with Crippen LogP contribution in [0.4, 0.5) is 0 Å². The Morgan fingerprint density at radius 2 is 1.67 bits per heavy atom. The molecular formula is C20H20N4O3. The normalized spacial score (nSPS) is 11.6. The second-order valence-electron chi connectivity index (χ2n) is 6.16. The minimum Gasteiger partial charge on any atom is -0.504 e. The van der Waals surface area contributed by atoms with Crippen LogP contribution >= 0.6 is 0 Å². The number of aromatic hydroxyl groups is 1. The lowest BCUT2D eigenvalue weighted by Gasteiger charge is -2.12. The van der Waals surface area contributed by atoms with Crippen LogP contribution in [0.1, 0.15) is 35.3 Å². The second-order valence-corrected chi connectivity index (χ2v) is 6.16. The van der Waals surface area contributed by atoms with Crippen molar-refractivity contribution in [3.05, 3.63) is 78.1 Å². The van der Waals surface area contributed by atoms with Crippen molar-refractivity contribution in [2.75, 3.05) is 0 Å². The topological polar surface area (TPSA) is 96.3 Å². The van der Waals surface area contributed by atoms with Crippen LogP contribution in [0.5, 0.6) is 5.75 Å². The van der Waals surface area contributed by atoms with Crippen molar-refractivity contribution < 1.29 is 14.7 Å². The van der Waals surface area contributed by atoms with E-state index in [2.05, 4.69) is 16.0 Å². The fourth-order valence-electron chi connectivity index (χ4n) is 2.65. The van der Waals surface area contributed by atoms with Crippen molar-refractivity contribution >= 4 is 11.8 Å². The van der Waals surface area contributed by atoms with E-state index in [0.717, 1.165) is 5.56 Å². The number of rotatable bonds is 5. The van der Waals surface area contributed by atoms with Gasteiger partial charge in [0.1, 0.15) is 0 Å². The molecule has 3 aromatic rings. The van der Waals surface area contributed by atoms with Gasteiger partial charge in [0.25, 0.3) is 5.91 Å². The van der Waals surface area contributed by atoms with E-state index < -0.39 is 5.91 Å². The molecule has 2 amide bonds. The van der Waals surface area contributed by atoms with Gasteiger partial charge in [0.2, 0.25) is 5.91 Å². The van der Waals surface area contributed by atoms with Crippen LogP contribution in [0.3, 0.4) is 0 Å². The highest BCUT2D eigenvalue weighted by Gasteiger charge is 2.18. The smallest absolute Gasteiger partial charge is 0.294 e. The predicted molar refractivity (Wildman–Crippen MR) is 100 cm³/mol. The van der Waals surface area contributed by atoms with E-state index in [1.165, 1.54) is 10.9 Å². The Bertz CT molecular complexity index is 923.